The first kappa shape index (κ1) is 19.1. The highest BCUT2D eigenvalue weighted by atomic mass is 19.3. The van der Waals surface area contributed by atoms with Gasteiger partial charge >= 0.3 is 0 Å². The lowest BCUT2D eigenvalue weighted by molar-refractivity contribution is -0.142. The van der Waals surface area contributed by atoms with Crippen LogP contribution in [0.1, 0.15) is 37.7 Å². The third-order valence-electron chi connectivity index (χ3n) is 5.45. The monoisotopic (exact) mass is 366 g/mol. The Morgan fingerprint density at radius 3 is 2.62 bits per heavy atom. The van der Waals surface area contributed by atoms with Crippen molar-refractivity contribution in [1.29, 1.82) is 0 Å². The van der Waals surface area contributed by atoms with Crippen LogP contribution < -0.4 is 4.74 Å². The second kappa shape index (κ2) is 8.33. The van der Waals surface area contributed by atoms with Gasteiger partial charge < -0.3 is 9.64 Å². The first-order valence-electron chi connectivity index (χ1n) is 9.49. The standard InChI is InChI=1S/C20H28F2N2O2/c1-26-18-7-5-16(6-8-18)15-23-10-3-11-24(13-12-23)19(25)17-4-2-9-20(21,22)14-17/h5-8,17H,2-4,9-15H2,1H3/t17-/m1/s1. The Labute approximate surface area is 154 Å². The summed E-state index contributed by atoms with van der Waals surface area (Å²) in [6.45, 7) is 3.81. The van der Waals surface area contributed by atoms with Crippen LogP contribution in [0.15, 0.2) is 24.3 Å². The molecule has 4 nitrogen and oxygen atoms in total. The molecule has 0 N–H and O–H groups in total. The third-order valence-corrected chi connectivity index (χ3v) is 5.45. The molecule has 1 saturated carbocycles. The zero-order valence-corrected chi connectivity index (χ0v) is 15.4. The van der Waals surface area contributed by atoms with Crippen molar-refractivity contribution in [1.82, 2.24) is 9.80 Å². The van der Waals surface area contributed by atoms with Gasteiger partial charge in [-0.2, -0.15) is 0 Å². The van der Waals surface area contributed by atoms with E-state index in [0.717, 1.165) is 31.8 Å². The highest BCUT2D eigenvalue weighted by Gasteiger charge is 2.40. The molecule has 0 aromatic heterocycles. The van der Waals surface area contributed by atoms with E-state index in [1.54, 1.807) is 12.0 Å². The molecule has 6 heteroatoms. The molecule has 2 fully saturated rings. The van der Waals surface area contributed by atoms with Gasteiger partial charge in [-0.15, -0.1) is 0 Å². The Hall–Kier alpha value is -1.69. The summed E-state index contributed by atoms with van der Waals surface area (Å²) in [4.78, 5) is 16.8. The minimum atomic E-state index is -2.68. The fourth-order valence-electron chi connectivity index (χ4n) is 3.98. The van der Waals surface area contributed by atoms with Crippen LogP contribution in [-0.2, 0) is 11.3 Å². The van der Waals surface area contributed by atoms with Crippen LogP contribution in [0.5, 0.6) is 5.75 Å². The average molecular weight is 366 g/mol. The third kappa shape index (κ3) is 4.93. The predicted molar refractivity (Wildman–Crippen MR) is 96.4 cm³/mol. The number of ether oxygens (including phenoxy) is 1. The van der Waals surface area contributed by atoms with Crippen LogP contribution in [0.25, 0.3) is 0 Å². The van der Waals surface area contributed by atoms with Gasteiger partial charge in [0.1, 0.15) is 5.75 Å². The number of halogens is 2. The number of alkyl halides is 2. The molecule has 1 saturated heterocycles. The molecule has 2 aliphatic rings. The van der Waals surface area contributed by atoms with Gasteiger partial charge in [0.15, 0.2) is 0 Å². The molecule has 1 amide bonds. The van der Waals surface area contributed by atoms with Crippen LogP contribution in [0.4, 0.5) is 8.78 Å². The lowest BCUT2D eigenvalue weighted by atomic mass is 9.85. The van der Waals surface area contributed by atoms with Crippen molar-refractivity contribution >= 4 is 5.91 Å². The number of amides is 1. The van der Waals surface area contributed by atoms with Crippen molar-refractivity contribution in [3.63, 3.8) is 0 Å². The van der Waals surface area contributed by atoms with Crippen LogP contribution in [0, 0.1) is 5.92 Å². The van der Waals surface area contributed by atoms with E-state index in [1.165, 1.54) is 5.56 Å². The summed E-state index contributed by atoms with van der Waals surface area (Å²) in [5.41, 5.74) is 1.21. The Kier molecular flexibility index (Phi) is 6.12. The molecule has 0 radical (unpaired) electrons. The normalized spacial score (nSPS) is 24.1. The minimum Gasteiger partial charge on any atom is -0.497 e. The highest BCUT2D eigenvalue weighted by Crippen LogP contribution is 2.37. The lowest BCUT2D eigenvalue weighted by Crippen LogP contribution is -2.42. The quantitative estimate of drug-likeness (QED) is 0.817. The lowest BCUT2D eigenvalue weighted by Gasteiger charge is -2.32. The topological polar surface area (TPSA) is 32.8 Å². The average Bonchev–Trinajstić information content (AvgIpc) is 2.86. The Bertz CT molecular complexity index is 606. The van der Waals surface area contributed by atoms with Gasteiger partial charge in [0, 0.05) is 51.5 Å². The van der Waals surface area contributed by atoms with E-state index in [4.69, 9.17) is 4.74 Å². The second-order valence-corrected chi connectivity index (χ2v) is 7.45. The van der Waals surface area contributed by atoms with Gasteiger partial charge in [0.25, 0.3) is 0 Å². The number of hydrogen-bond acceptors (Lipinski definition) is 3. The van der Waals surface area contributed by atoms with Crippen molar-refractivity contribution in [2.75, 3.05) is 33.3 Å². The number of carbonyl (C=O) groups excluding carboxylic acids is 1. The summed E-state index contributed by atoms with van der Waals surface area (Å²) in [6.07, 6.45) is 1.57. The van der Waals surface area contributed by atoms with Gasteiger partial charge in [0.05, 0.1) is 7.11 Å². The highest BCUT2D eigenvalue weighted by molar-refractivity contribution is 5.79. The van der Waals surface area contributed by atoms with E-state index in [1.807, 2.05) is 12.1 Å². The summed E-state index contributed by atoms with van der Waals surface area (Å²) in [5, 5.41) is 0. The van der Waals surface area contributed by atoms with Crippen molar-refractivity contribution in [3.8, 4) is 5.75 Å². The maximum Gasteiger partial charge on any atom is 0.248 e. The summed E-state index contributed by atoms with van der Waals surface area (Å²) in [6, 6.07) is 8.01. The summed E-state index contributed by atoms with van der Waals surface area (Å²) in [5.74, 6) is -2.42. The summed E-state index contributed by atoms with van der Waals surface area (Å²) < 4.78 is 32.4. The maximum atomic E-state index is 13.6. The van der Waals surface area contributed by atoms with Crippen LogP contribution in [-0.4, -0.2) is 54.9 Å². The number of rotatable bonds is 4. The summed E-state index contributed by atoms with van der Waals surface area (Å²) in [7, 11) is 1.65. The van der Waals surface area contributed by atoms with E-state index >= 15 is 0 Å². The fourth-order valence-corrected chi connectivity index (χ4v) is 3.98. The number of hydrogen-bond donors (Lipinski definition) is 0. The molecule has 1 aliphatic carbocycles. The Morgan fingerprint density at radius 2 is 1.92 bits per heavy atom. The fraction of sp³-hybridized carbons (Fsp3) is 0.650. The van der Waals surface area contributed by atoms with Gasteiger partial charge in [-0.1, -0.05) is 12.1 Å². The number of nitrogens with zero attached hydrogens (tertiary/aromatic N) is 2. The Morgan fingerprint density at radius 1 is 1.15 bits per heavy atom. The second-order valence-electron chi connectivity index (χ2n) is 7.45. The molecule has 3 rings (SSSR count). The van der Waals surface area contributed by atoms with E-state index in [-0.39, 0.29) is 18.7 Å². The van der Waals surface area contributed by atoms with Crippen molar-refractivity contribution in [2.45, 2.75) is 44.6 Å². The zero-order valence-electron chi connectivity index (χ0n) is 15.4. The molecule has 26 heavy (non-hydrogen) atoms. The van der Waals surface area contributed by atoms with E-state index in [2.05, 4.69) is 17.0 Å². The summed E-state index contributed by atoms with van der Waals surface area (Å²) >= 11 is 0. The van der Waals surface area contributed by atoms with Crippen molar-refractivity contribution in [2.24, 2.45) is 5.92 Å². The van der Waals surface area contributed by atoms with E-state index in [0.29, 0.717) is 25.9 Å². The molecule has 1 heterocycles. The van der Waals surface area contributed by atoms with Gasteiger partial charge in [-0.25, -0.2) is 8.78 Å². The van der Waals surface area contributed by atoms with E-state index in [9.17, 15) is 13.6 Å². The van der Waals surface area contributed by atoms with Crippen LogP contribution in [0.2, 0.25) is 0 Å². The largest absolute Gasteiger partial charge is 0.497 e. The SMILES string of the molecule is COc1ccc(CN2CCCN(C(=O)[C@@H]3CCCC(F)(F)C3)CC2)cc1. The molecule has 1 aromatic carbocycles. The van der Waals surface area contributed by atoms with Crippen LogP contribution >= 0.6 is 0 Å². The smallest absolute Gasteiger partial charge is 0.248 e. The minimum absolute atomic E-state index is 0.0735. The zero-order chi connectivity index (χ0) is 18.6. The molecule has 1 atom stereocenters. The molecule has 0 bridgehead atoms. The number of benzene rings is 1. The predicted octanol–water partition coefficient (Wildman–Crippen LogP) is 3.56. The first-order chi connectivity index (χ1) is 12.5. The molecule has 144 valence electrons. The van der Waals surface area contributed by atoms with Crippen molar-refractivity contribution < 1.29 is 18.3 Å². The molecule has 1 aliphatic heterocycles. The Balaban J connectivity index is 1.53. The van der Waals surface area contributed by atoms with Gasteiger partial charge in [-0.05, 0) is 37.0 Å². The number of methoxy groups -OCH3 is 1. The van der Waals surface area contributed by atoms with E-state index < -0.39 is 11.8 Å². The molecule has 0 spiro atoms. The first-order valence-corrected chi connectivity index (χ1v) is 9.49. The molecular weight excluding hydrogens is 338 g/mol. The molecule has 1 aromatic rings. The van der Waals surface area contributed by atoms with Gasteiger partial charge in [-0.3, -0.25) is 9.69 Å². The van der Waals surface area contributed by atoms with Crippen molar-refractivity contribution in [3.05, 3.63) is 29.8 Å². The van der Waals surface area contributed by atoms with Gasteiger partial charge in [0.2, 0.25) is 11.8 Å². The van der Waals surface area contributed by atoms with Crippen LogP contribution in [0.3, 0.4) is 0 Å². The molecule has 0 unspecified atom stereocenters. The maximum absolute atomic E-state index is 13.6. The molecular formula is C20H28F2N2O2. The number of carbonyl (C=O) groups is 1.